The van der Waals surface area contributed by atoms with E-state index in [2.05, 4.69) is 24.5 Å². The first kappa shape index (κ1) is 14.5. The average Bonchev–Trinajstić information content (AvgIpc) is 2.37. The van der Waals surface area contributed by atoms with Crippen LogP contribution in [0.2, 0.25) is 0 Å². The van der Waals surface area contributed by atoms with Crippen LogP contribution in [0.3, 0.4) is 0 Å². The molecule has 1 amide bonds. The van der Waals surface area contributed by atoms with Gasteiger partial charge in [-0.1, -0.05) is 19.1 Å². The van der Waals surface area contributed by atoms with E-state index in [9.17, 15) is 4.79 Å². The minimum absolute atomic E-state index is 0.321. The lowest BCUT2D eigenvalue weighted by Gasteiger charge is -2.14. The van der Waals surface area contributed by atoms with E-state index < -0.39 is 6.09 Å². The zero-order valence-corrected chi connectivity index (χ0v) is 11.3. The Balaban J connectivity index is 2.54. The highest BCUT2D eigenvalue weighted by Gasteiger charge is 2.05. The summed E-state index contributed by atoms with van der Waals surface area (Å²) in [5.74, 6) is 0. The third kappa shape index (κ3) is 4.75. The highest BCUT2D eigenvalue weighted by atomic mass is 16.5. The topological polar surface area (TPSA) is 50.4 Å². The zero-order valence-electron chi connectivity index (χ0n) is 11.3. The van der Waals surface area contributed by atoms with Crippen molar-refractivity contribution in [1.29, 1.82) is 0 Å². The summed E-state index contributed by atoms with van der Waals surface area (Å²) < 4.78 is 4.81. The molecule has 100 valence electrons. The first-order chi connectivity index (χ1) is 8.67. The van der Waals surface area contributed by atoms with Crippen LogP contribution in [-0.4, -0.2) is 19.2 Å². The van der Waals surface area contributed by atoms with Crippen molar-refractivity contribution in [3.63, 3.8) is 0 Å². The van der Waals surface area contributed by atoms with Crippen molar-refractivity contribution in [2.75, 3.05) is 18.5 Å². The van der Waals surface area contributed by atoms with Crippen molar-refractivity contribution in [3.05, 3.63) is 29.8 Å². The van der Waals surface area contributed by atoms with Crippen LogP contribution in [-0.2, 0) is 4.74 Å². The van der Waals surface area contributed by atoms with Gasteiger partial charge in [0.2, 0.25) is 0 Å². The Morgan fingerprint density at radius 1 is 1.28 bits per heavy atom. The Morgan fingerprint density at radius 3 is 2.50 bits per heavy atom. The van der Waals surface area contributed by atoms with Crippen LogP contribution >= 0.6 is 0 Å². The molecule has 0 bridgehead atoms. The molecule has 0 aliphatic rings. The summed E-state index contributed by atoms with van der Waals surface area (Å²) in [6.45, 7) is 7.44. The minimum Gasteiger partial charge on any atom is -0.450 e. The molecule has 4 nitrogen and oxygen atoms in total. The van der Waals surface area contributed by atoms with Crippen molar-refractivity contribution in [2.45, 2.75) is 33.2 Å². The van der Waals surface area contributed by atoms with E-state index in [0.717, 1.165) is 18.7 Å². The zero-order chi connectivity index (χ0) is 13.4. The second kappa shape index (κ2) is 7.71. The van der Waals surface area contributed by atoms with Gasteiger partial charge in [-0.3, -0.25) is 5.32 Å². The van der Waals surface area contributed by atoms with E-state index in [1.807, 2.05) is 24.3 Å². The van der Waals surface area contributed by atoms with Crippen molar-refractivity contribution < 1.29 is 9.53 Å². The molecule has 0 heterocycles. The van der Waals surface area contributed by atoms with Crippen LogP contribution in [0.5, 0.6) is 0 Å². The fourth-order valence-corrected chi connectivity index (χ4v) is 1.62. The van der Waals surface area contributed by atoms with Crippen molar-refractivity contribution in [2.24, 2.45) is 0 Å². The fourth-order valence-electron chi connectivity index (χ4n) is 1.62. The highest BCUT2D eigenvalue weighted by molar-refractivity contribution is 5.84. The number of carbonyl (C=O) groups is 1. The minimum atomic E-state index is -0.414. The van der Waals surface area contributed by atoms with Crippen LogP contribution in [0.1, 0.15) is 38.8 Å². The molecule has 0 saturated heterocycles. The van der Waals surface area contributed by atoms with Gasteiger partial charge in [0.25, 0.3) is 0 Å². The molecule has 0 saturated carbocycles. The lowest BCUT2D eigenvalue weighted by atomic mass is 10.1. The van der Waals surface area contributed by atoms with Gasteiger partial charge in [-0.05, 0) is 44.5 Å². The molecule has 0 aromatic heterocycles. The number of hydrogen-bond donors (Lipinski definition) is 2. The number of nitrogens with one attached hydrogen (secondary N) is 2. The van der Waals surface area contributed by atoms with Crippen LogP contribution in [0.15, 0.2) is 24.3 Å². The fraction of sp³-hybridized carbons (Fsp3) is 0.500. The molecule has 0 aliphatic carbocycles. The van der Waals surface area contributed by atoms with Crippen molar-refractivity contribution in [3.8, 4) is 0 Å². The molecule has 0 aliphatic heterocycles. The summed E-state index contributed by atoms with van der Waals surface area (Å²) in [6.07, 6.45) is 0.703. The third-order valence-electron chi connectivity index (χ3n) is 2.63. The summed E-state index contributed by atoms with van der Waals surface area (Å²) in [5.41, 5.74) is 1.96. The van der Waals surface area contributed by atoms with Crippen LogP contribution in [0.25, 0.3) is 0 Å². The summed E-state index contributed by atoms with van der Waals surface area (Å²) in [6, 6.07) is 8.11. The molecule has 18 heavy (non-hydrogen) atoms. The Bertz CT molecular complexity index is 363. The maximum absolute atomic E-state index is 11.2. The van der Waals surface area contributed by atoms with Gasteiger partial charge < -0.3 is 10.1 Å². The first-order valence-electron chi connectivity index (χ1n) is 6.44. The number of ether oxygens (including phenoxy) is 1. The number of carbonyl (C=O) groups excluding carboxylic acids is 1. The van der Waals surface area contributed by atoms with E-state index >= 15 is 0 Å². The monoisotopic (exact) mass is 250 g/mol. The SMILES string of the molecule is CCCNC(C)c1ccc(NC(=O)OCC)cc1. The lowest BCUT2D eigenvalue weighted by molar-refractivity contribution is 0.168. The third-order valence-corrected chi connectivity index (χ3v) is 2.63. The van der Waals surface area contributed by atoms with E-state index in [1.165, 1.54) is 5.56 Å². The standard InChI is InChI=1S/C14H22N2O2/c1-4-10-15-11(3)12-6-8-13(9-7-12)16-14(17)18-5-2/h6-9,11,15H,4-5,10H2,1-3H3,(H,16,17). The Morgan fingerprint density at radius 2 is 1.94 bits per heavy atom. The predicted octanol–water partition coefficient (Wildman–Crippen LogP) is 3.32. The molecule has 1 aromatic rings. The number of anilines is 1. The Hall–Kier alpha value is -1.55. The molecule has 0 spiro atoms. The van der Waals surface area contributed by atoms with Crippen LogP contribution in [0, 0.1) is 0 Å². The predicted molar refractivity (Wildman–Crippen MR) is 73.8 cm³/mol. The number of amides is 1. The van der Waals surface area contributed by atoms with E-state index in [-0.39, 0.29) is 0 Å². The van der Waals surface area contributed by atoms with E-state index in [0.29, 0.717) is 12.6 Å². The van der Waals surface area contributed by atoms with Crippen molar-refractivity contribution in [1.82, 2.24) is 5.32 Å². The molecular formula is C14H22N2O2. The molecule has 1 unspecified atom stereocenters. The Kier molecular flexibility index (Phi) is 6.22. The summed E-state index contributed by atoms with van der Waals surface area (Å²) >= 11 is 0. The Labute approximate surface area is 109 Å². The van der Waals surface area contributed by atoms with Gasteiger partial charge in [-0.2, -0.15) is 0 Å². The molecule has 0 fully saturated rings. The molecule has 1 atom stereocenters. The second-order valence-electron chi connectivity index (χ2n) is 4.14. The molecule has 2 N–H and O–H groups in total. The second-order valence-corrected chi connectivity index (χ2v) is 4.14. The molecule has 4 heteroatoms. The molecule has 1 rings (SSSR count). The van der Waals surface area contributed by atoms with Gasteiger partial charge in [-0.25, -0.2) is 4.79 Å². The van der Waals surface area contributed by atoms with Crippen molar-refractivity contribution >= 4 is 11.8 Å². The number of hydrogen-bond acceptors (Lipinski definition) is 3. The van der Waals surface area contributed by atoms with Crippen LogP contribution < -0.4 is 10.6 Å². The molecule has 1 aromatic carbocycles. The number of rotatable bonds is 6. The first-order valence-corrected chi connectivity index (χ1v) is 6.44. The van der Waals surface area contributed by atoms with Crippen LogP contribution in [0.4, 0.5) is 10.5 Å². The van der Waals surface area contributed by atoms with E-state index in [1.54, 1.807) is 6.92 Å². The van der Waals surface area contributed by atoms with Gasteiger partial charge in [0.15, 0.2) is 0 Å². The van der Waals surface area contributed by atoms with Gasteiger partial charge in [0, 0.05) is 11.7 Å². The van der Waals surface area contributed by atoms with E-state index in [4.69, 9.17) is 4.74 Å². The van der Waals surface area contributed by atoms with Gasteiger partial charge >= 0.3 is 6.09 Å². The lowest BCUT2D eigenvalue weighted by Crippen LogP contribution is -2.19. The largest absolute Gasteiger partial charge is 0.450 e. The molecule has 0 radical (unpaired) electrons. The summed E-state index contributed by atoms with van der Waals surface area (Å²) in [5, 5.41) is 6.09. The summed E-state index contributed by atoms with van der Waals surface area (Å²) in [4.78, 5) is 11.2. The van der Waals surface area contributed by atoms with Gasteiger partial charge in [0.1, 0.15) is 0 Å². The highest BCUT2D eigenvalue weighted by Crippen LogP contribution is 2.16. The average molecular weight is 250 g/mol. The maximum atomic E-state index is 11.2. The normalized spacial score (nSPS) is 11.9. The summed E-state index contributed by atoms with van der Waals surface area (Å²) in [7, 11) is 0. The number of benzene rings is 1. The smallest absolute Gasteiger partial charge is 0.411 e. The van der Waals surface area contributed by atoms with Gasteiger partial charge in [-0.15, -0.1) is 0 Å². The molecular weight excluding hydrogens is 228 g/mol. The van der Waals surface area contributed by atoms with Gasteiger partial charge in [0.05, 0.1) is 6.61 Å². The maximum Gasteiger partial charge on any atom is 0.411 e. The quantitative estimate of drug-likeness (QED) is 0.814.